The lowest BCUT2D eigenvalue weighted by atomic mass is 10.0. The van der Waals surface area contributed by atoms with E-state index in [-0.39, 0.29) is 43.7 Å². The maximum absolute atomic E-state index is 13.7. The Labute approximate surface area is 413 Å². The number of methoxy groups -OCH3 is 1. The molecule has 23 heteroatoms. The Balaban J connectivity index is 1.66. The number of amides is 8. The van der Waals surface area contributed by atoms with E-state index in [9.17, 15) is 48.6 Å². The smallest absolute Gasteiger partial charge is 0.245 e. The molecule has 0 heterocycles. The van der Waals surface area contributed by atoms with Crippen molar-refractivity contribution in [3.63, 3.8) is 0 Å². The number of carbonyl (C=O) groups excluding carboxylic acids is 8. The topological polar surface area (TPSA) is 322 Å². The number of aliphatic hydroxyl groups excluding tert-OH is 1. The molecule has 3 aromatic rings. The van der Waals surface area contributed by atoms with E-state index in [0.717, 1.165) is 5.56 Å². The van der Waals surface area contributed by atoms with Gasteiger partial charge in [-0.1, -0.05) is 69.6 Å². The number of hydrogen-bond acceptors (Lipinski definition) is 14. The van der Waals surface area contributed by atoms with Crippen molar-refractivity contribution in [2.45, 2.75) is 88.2 Å². The molecule has 8 amide bonds. The fraction of sp³-hybridized carbons (Fsp3) is 0.435. The van der Waals surface area contributed by atoms with Gasteiger partial charge in [0, 0.05) is 30.0 Å². The highest BCUT2D eigenvalue weighted by atomic mass is 35.5. The summed E-state index contributed by atoms with van der Waals surface area (Å²) in [5.74, 6) is -5.35. The molecule has 0 bridgehead atoms. The molecule has 2 unspecified atom stereocenters. The van der Waals surface area contributed by atoms with Crippen LogP contribution in [0.3, 0.4) is 0 Å². The number of nitrogens with one attached hydrogen (secondary N) is 7. The number of phenolic OH excluding ortho intramolecular Hbond substituents is 1. The van der Waals surface area contributed by atoms with E-state index in [1.807, 2.05) is 6.26 Å². The molecule has 13 N–H and O–H groups in total. The molecule has 0 spiro atoms. The zero-order valence-electron chi connectivity index (χ0n) is 38.6. The number of aliphatic hydroxyl groups is 1. The van der Waals surface area contributed by atoms with Crippen molar-refractivity contribution in [2.24, 2.45) is 11.5 Å². The molecular weight excluding hydrogens is 954 g/mol. The van der Waals surface area contributed by atoms with Gasteiger partial charge in [-0.2, -0.15) is 0 Å². The fourth-order valence-electron chi connectivity index (χ4n) is 6.54. The number of unbranched alkanes of at least 4 members (excludes halogenated alkanes) is 1. The van der Waals surface area contributed by atoms with Crippen molar-refractivity contribution >= 4 is 80.4 Å². The highest BCUT2D eigenvalue weighted by Crippen LogP contribution is 2.19. The summed E-state index contributed by atoms with van der Waals surface area (Å²) in [6.45, 7) is 0.197. The molecule has 0 aromatic heterocycles. The number of nitrogens with two attached hydrogens (primary N) is 2. The van der Waals surface area contributed by atoms with Crippen LogP contribution in [0.2, 0.25) is 5.02 Å². The van der Waals surface area contributed by atoms with Crippen LogP contribution < -0.4 is 53.4 Å². The third-order valence-corrected chi connectivity index (χ3v) is 12.4. The van der Waals surface area contributed by atoms with Crippen LogP contribution in [0.5, 0.6) is 11.5 Å². The summed E-state index contributed by atoms with van der Waals surface area (Å²) < 4.78 is 5.13. The lowest BCUT2D eigenvalue weighted by Gasteiger charge is -2.25. The van der Waals surface area contributed by atoms with E-state index < -0.39 is 96.7 Å². The van der Waals surface area contributed by atoms with Gasteiger partial charge in [-0.25, -0.2) is 0 Å². The lowest BCUT2D eigenvalue weighted by Crippen LogP contribution is -2.59. The standard InChI is InChI=1S/C46H62ClN9O11S2/c1-27(57)41(46(66)51-25-40(61)53-35(42(49)62)22-30-11-18-33(67-2)19-12-30)56-44(64)34(6-4-5-21-48)52-39(60)24-50-43(63)36(23-29-9-16-32(58)17-10-29)55-45(65)37(26-69-68-3)54-38(59)20-13-28-7-14-31(47)15-8-28/h7-12,14-19,27,34-37,41,57-58H,4-6,13,20-26,48H2,1-3H3,(H2,49,62)(H,50,63)(H,51,66)(H,52,60)(H,53,61)(H,54,59)(H,55,65)(H,56,64)/t27?,34-,35+,36-,37+,41?/m0/s1. The molecule has 0 saturated carbocycles. The van der Waals surface area contributed by atoms with Gasteiger partial charge in [0.15, 0.2) is 0 Å². The second-order valence-corrected chi connectivity index (χ2v) is 18.8. The number of primary amides is 1. The Hall–Kier alpha value is -6.07. The number of hydrogen-bond donors (Lipinski definition) is 11. The van der Waals surface area contributed by atoms with E-state index in [2.05, 4.69) is 37.2 Å². The third-order valence-electron chi connectivity index (χ3n) is 10.4. The predicted octanol–water partition coefficient (Wildman–Crippen LogP) is 0.135. The highest BCUT2D eigenvalue weighted by Gasteiger charge is 2.32. The maximum Gasteiger partial charge on any atom is 0.245 e. The molecule has 0 fully saturated rings. The van der Waals surface area contributed by atoms with Crippen LogP contribution in [0.1, 0.15) is 49.3 Å². The fourth-order valence-corrected chi connectivity index (χ4v) is 7.99. The minimum atomic E-state index is -1.60. The summed E-state index contributed by atoms with van der Waals surface area (Å²) in [5, 5.41) is 38.6. The average molecular weight is 1020 g/mol. The van der Waals surface area contributed by atoms with Crippen molar-refractivity contribution in [1.29, 1.82) is 0 Å². The van der Waals surface area contributed by atoms with Crippen LogP contribution >= 0.6 is 33.2 Å². The number of halogens is 1. The highest BCUT2D eigenvalue weighted by molar-refractivity contribution is 8.76. The van der Waals surface area contributed by atoms with E-state index in [1.165, 1.54) is 47.8 Å². The second kappa shape index (κ2) is 30.4. The van der Waals surface area contributed by atoms with Crippen LogP contribution in [-0.2, 0) is 57.6 Å². The van der Waals surface area contributed by atoms with Crippen LogP contribution in [-0.4, -0.2) is 133 Å². The van der Waals surface area contributed by atoms with Crippen molar-refractivity contribution in [3.8, 4) is 11.5 Å². The number of rotatable bonds is 30. The first kappa shape index (κ1) is 57.2. The van der Waals surface area contributed by atoms with E-state index >= 15 is 0 Å². The molecule has 0 aliphatic heterocycles. The predicted molar refractivity (Wildman–Crippen MR) is 264 cm³/mol. The molecule has 3 aromatic carbocycles. The van der Waals surface area contributed by atoms with Gasteiger partial charge in [0.05, 0.1) is 26.3 Å². The number of aromatic hydroxyl groups is 1. The normalized spacial score (nSPS) is 13.5. The van der Waals surface area contributed by atoms with Gasteiger partial charge in [0.25, 0.3) is 0 Å². The monoisotopic (exact) mass is 1020 g/mol. The van der Waals surface area contributed by atoms with Gasteiger partial charge in [0.1, 0.15) is 41.7 Å². The summed E-state index contributed by atoms with van der Waals surface area (Å²) in [4.78, 5) is 106. The Bertz CT molecular complexity index is 2170. The van der Waals surface area contributed by atoms with E-state index in [0.29, 0.717) is 41.2 Å². The number of phenols is 1. The lowest BCUT2D eigenvalue weighted by molar-refractivity contribution is -0.135. The Morgan fingerprint density at radius 3 is 1.77 bits per heavy atom. The molecule has 20 nitrogen and oxygen atoms in total. The van der Waals surface area contributed by atoms with Gasteiger partial charge in [-0.3, -0.25) is 38.4 Å². The molecule has 0 saturated heterocycles. The van der Waals surface area contributed by atoms with Crippen molar-refractivity contribution in [2.75, 3.05) is 38.8 Å². The Kier molecular flexibility index (Phi) is 25.2. The van der Waals surface area contributed by atoms with Crippen molar-refractivity contribution in [3.05, 3.63) is 94.5 Å². The maximum atomic E-state index is 13.7. The molecule has 0 aliphatic carbocycles. The molecule has 6 atom stereocenters. The first-order chi connectivity index (χ1) is 32.9. The van der Waals surface area contributed by atoms with Crippen molar-refractivity contribution in [1.82, 2.24) is 37.2 Å². The molecule has 0 radical (unpaired) electrons. The molecular formula is C46H62ClN9O11S2. The van der Waals surface area contributed by atoms with Gasteiger partial charge in [0.2, 0.25) is 47.3 Å². The minimum Gasteiger partial charge on any atom is -0.508 e. The van der Waals surface area contributed by atoms with Crippen LogP contribution in [0.15, 0.2) is 72.8 Å². The first-order valence-electron chi connectivity index (χ1n) is 21.9. The molecule has 69 heavy (non-hydrogen) atoms. The number of carbonyl (C=O) groups is 8. The van der Waals surface area contributed by atoms with E-state index in [4.69, 9.17) is 27.8 Å². The van der Waals surface area contributed by atoms with Crippen LogP contribution in [0, 0.1) is 0 Å². The summed E-state index contributed by atoms with van der Waals surface area (Å²) in [5.41, 5.74) is 13.3. The number of aryl methyl sites for hydroxylation is 1. The largest absolute Gasteiger partial charge is 0.508 e. The molecule has 3 rings (SSSR count). The van der Waals surface area contributed by atoms with Gasteiger partial charge in [-0.15, -0.1) is 0 Å². The number of benzene rings is 3. The van der Waals surface area contributed by atoms with Gasteiger partial charge >= 0.3 is 0 Å². The zero-order valence-corrected chi connectivity index (χ0v) is 41.0. The minimum absolute atomic E-state index is 0.0268. The zero-order chi connectivity index (χ0) is 50.9. The summed E-state index contributed by atoms with van der Waals surface area (Å²) in [6.07, 6.45) is 1.64. The SMILES string of the molecule is COc1ccc(C[C@@H](NC(=O)CNC(=O)C(NC(=O)[C@H](CCCCN)NC(=O)CNC(=O)[C@H](Cc2ccc(O)cc2)NC(=O)[C@@H](CSSC)NC(=O)CCc2ccc(Cl)cc2)C(C)O)C(N)=O)cc1. The molecule has 376 valence electrons. The quantitative estimate of drug-likeness (QED) is 0.0313. The third kappa shape index (κ3) is 21.4. The van der Waals surface area contributed by atoms with Crippen molar-refractivity contribution < 1.29 is 53.3 Å². The average Bonchev–Trinajstić information content (AvgIpc) is 3.32. The Morgan fingerprint density at radius 1 is 0.667 bits per heavy atom. The first-order valence-corrected chi connectivity index (χ1v) is 25.1. The van der Waals surface area contributed by atoms with Crippen LogP contribution in [0.25, 0.3) is 0 Å². The summed E-state index contributed by atoms with van der Waals surface area (Å²) >= 11 is 5.97. The van der Waals surface area contributed by atoms with E-state index in [1.54, 1.807) is 60.7 Å². The molecule has 0 aliphatic rings. The Morgan fingerprint density at radius 2 is 1.20 bits per heavy atom. The van der Waals surface area contributed by atoms with Gasteiger partial charge < -0.3 is 63.6 Å². The number of ether oxygens (including phenoxy) is 1. The van der Waals surface area contributed by atoms with Gasteiger partial charge in [-0.05, 0) is 98.5 Å². The van der Waals surface area contributed by atoms with Crippen LogP contribution in [0.4, 0.5) is 0 Å². The summed E-state index contributed by atoms with van der Waals surface area (Å²) in [6, 6.07) is 13.4. The second-order valence-electron chi connectivity index (χ2n) is 15.8. The summed E-state index contributed by atoms with van der Waals surface area (Å²) in [7, 11) is 4.20.